The number of imidazole rings is 1. The topological polar surface area (TPSA) is 101 Å². The van der Waals surface area contributed by atoms with Gasteiger partial charge < -0.3 is 10.3 Å². The quantitative estimate of drug-likeness (QED) is 0.650. The van der Waals surface area contributed by atoms with E-state index in [1.54, 1.807) is 12.5 Å². The number of hydrogen-bond donors (Lipinski definition) is 2. The summed E-state index contributed by atoms with van der Waals surface area (Å²) in [6.07, 6.45) is 3.82. The minimum absolute atomic E-state index is 0.00371. The minimum Gasteiger partial charge on any atom is -0.352 e. The summed E-state index contributed by atoms with van der Waals surface area (Å²) in [4.78, 5) is 28.8. The number of nitrogens with zero attached hydrogens (tertiary/aromatic N) is 2. The van der Waals surface area contributed by atoms with Crippen LogP contribution in [-0.4, -0.2) is 27.3 Å². The Hall–Kier alpha value is -2.41. The zero-order valence-electron chi connectivity index (χ0n) is 10.3. The lowest BCUT2D eigenvalue weighted by atomic mass is 10.2. The van der Waals surface area contributed by atoms with E-state index < -0.39 is 4.92 Å². The fourth-order valence-corrected chi connectivity index (χ4v) is 1.81. The molecular weight excluding hydrogens is 284 g/mol. The maximum Gasteiger partial charge on any atom is 0.288 e. The van der Waals surface area contributed by atoms with Crippen LogP contribution in [0.15, 0.2) is 30.7 Å². The van der Waals surface area contributed by atoms with Gasteiger partial charge in [0.15, 0.2) is 0 Å². The van der Waals surface area contributed by atoms with Gasteiger partial charge in [-0.25, -0.2) is 4.98 Å². The monoisotopic (exact) mass is 294 g/mol. The number of nitro benzene ring substituents is 1. The molecule has 0 aliphatic rings. The van der Waals surface area contributed by atoms with Crippen LogP contribution in [0.4, 0.5) is 5.69 Å². The first kappa shape index (κ1) is 14.0. The van der Waals surface area contributed by atoms with Crippen molar-refractivity contribution < 1.29 is 9.72 Å². The molecule has 0 aliphatic heterocycles. The zero-order chi connectivity index (χ0) is 14.5. The third kappa shape index (κ3) is 3.33. The highest BCUT2D eigenvalue weighted by molar-refractivity contribution is 6.32. The molecule has 20 heavy (non-hydrogen) atoms. The molecule has 0 atom stereocenters. The van der Waals surface area contributed by atoms with Crippen molar-refractivity contribution in [2.45, 2.75) is 6.42 Å². The van der Waals surface area contributed by atoms with E-state index in [4.69, 9.17) is 11.6 Å². The van der Waals surface area contributed by atoms with Crippen LogP contribution in [0.2, 0.25) is 5.02 Å². The predicted octanol–water partition coefficient (Wildman–Crippen LogP) is 1.94. The maximum absolute atomic E-state index is 11.9. The van der Waals surface area contributed by atoms with Crippen molar-refractivity contribution >= 4 is 23.2 Å². The van der Waals surface area contributed by atoms with E-state index >= 15 is 0 Å². The Morgan fingerprint density at radius 3 is 2.95 bits per heavy atom. The lowest BCUT2D eigenvalue weighted by Crippen LogP contribution is -2.25. The average Bonchev–Trinajstić information content (AvgIpc) is 2.92. The first-order valence-electron chi connectivity index (χ1n) is 5.77. The van der Waals surface area contributed by atoms with Crippen molar-refractivity contribution in [3.63, 3.8) is 0 Å². The number of aromatic nitrogens is 2. The molecule has 8 heteroatoms. The van der Waals surface area contributed by atoms with Gasteiger partial charge in [0.2, 0.25) is 0 Å². The van der Waals surface area contributed by atoms with Gasteiger partial charge in [0.1, 0.15) is 5.02 Å². The molecule has 2 rings (SSSR count). The SMILES string of the molecule is O=C(NCCc1cnc[nH]1)c1ccc(Cl)c([N+](=O)[O-])c1. The molecule has 0 fully saturated rings. The smallest absolute Gasteiger partial charge is 0.288 e. The third-order valence-corrected chi connectivity index (χ3v) is 2.96. The highest BCUT2D eigenvalue weighted by atomic mass is 35.5. The Kier molecular flexibility index (Phi) is 4.31. The summed E-state index contributed by atoms with van der Waals surface area (Å²) in [6, 6.07) is 3.94. The molecule has 1 aromatic heterocycles. The molecule has 0 bridgehead atoms. The molecule has 0 saturated carbocycles. The van der Waals surface area contributed by atoms with Gasteiger partial charge in [0.25, 0.3) is 11.6 Å². The van der Waals surface area contributed by atoms with Gasteiger partial charge in [-0.3, -0.25) is 14.9 Å². The van der Waals surface area contributed by atoms with E-state index in [0.717, 1.165) is 11.8 Å². The van der Waals surface area contributed by atoms with Crippen LogP contribution in [0, 0.1) is 10.1 Å². The summed E-state index contributed by atoms with van der Waals surface area (Å²) in [5, 5.41) is 13.4. The second-order valence-electron chi connectivity index (χ2n) is 4.01. The zero-order valence-corrected chi connectivity index (χ0v) is 11.1. The second-order valence-corrected chi connectivity index (χ2v) is 4.41. The molecule has 0 unspecified atom stereocenters. The van der Waals surface area contributed by atoms with Crippen molar-refractivity contribution in [2.24, 2.45) is 0 Å². The second kappa shape index (κ2) is 6.16. The fraction of sp³-hybridized carbons (Fsp3) is 0.167. The Morgan fingerprint density at radius 2 is 2.30 bits per heavy atom. The Bertz CT molecular complexity index is 628. The van der Waals surface area contributed by atoms with Crippen molar-refractivity contribution in [2.75, 3.05) is 6.54 Å². The number of rotatable bonds is 5. The minimum atomic E-state index is -0.621. The molecule has 1 heterocycles. The normalized spacial score (nSPS) is 10.2. The Balaban J connectivity index is 1.98. The maximum atomic E-state index is 11.9. The number of carbonyl (C=O) groups is 1. The highest BCUT2D eigenvalue weighted by Crippen LogP contribution is 2.24. The Labute approximate surface area is 119 Å². The van der Waals surface area contributed by atoms with Crippen LogP contribution >= 0.6 is 11.6 Å². The summed E-state index contributed by atoms with van der Waals surface area (Å²) in [5.74, 6) is -0.385. The number of hydrogen-bond acceptors (Lipinski definition) is 4. The lowest BCUT2D eigenvalue weighted by molar-refractivity contribution is -0.384. The van der Waals surface area contributed by atoms with Gasteiger partial charge in [-0.2, -0.15) is 0 Å². The van der Waals surface area contributed by atoms with E-state index in [0.29, 0.717) is 13.0 Å². The predicted molar refractivity (Wildman–Crippen MR) is 72.7 cm³/mol. The standard InChI is InChI=1S/C12H11ClN4O3/c13-10-2-1-8(5-11(10)17(19)20)12(18)15-4-3-9-6-14-7-16-9/h1-2,5-7H,3-4H2,(H,14,16)(H,15,18). The summed E-state index contributed by atoms with van der Waals surface area (Å²) in [7, 11) is 0. The Morgan fingerprint density at radius 1 is 1.50 bits per heavy atom. The van der Waals surface area contributed by atoms with Crippen LogP contribution in [0.25, 0.3) is 0 Å². The van der Waals surface area contributed by atoms with Gasteiger partial charge in [0, 0.05) is 36.5 Å². The van der Waals surface area contributed by atoms with E-state index in [1.807, 2.05) is 0 Å². The molecule has 0 spiro atoms. The molecule has 1 amide bonds. The molecule has 1 aromatic carbocycles. The largest absolute Gasteiger partial charge is 0.352 e. The molecule has 104 valence electrons. The fourth-order valence-electron chi connectivity index (χ4n) is 1.63. The van der Waals surface area contributed by atoms with E-state index in [2.05, 4.69) is 15.3 Å². The third-order valence-electron chi connectivity index (χ3n) is 2.64. The first-order valence-corrected chi connectivity index (χ1v) is 6.15. The van der Waals surface area contributed by atoms with Crippen LogP contribution in [0.3, 0.4) is 0 Å². The number of carbonyl (C=O) groups excluding carboxylic acids is 1. The van der Waals surface area contributed by atoms with Crippen molar-refractivity contribution in [1.82, 2.24) is 15.3 Å². The van der Waals surface area contributed by atoms with Gasteiger partial charge in [-0.15, -0.1) is 0 Å². The number of benzene rings is 1. The summed E-state index contributed by atoms with van der Waals surface area (Å²) in [6.45, 7) is 0.400. The summed E-state index contributed by atoms with van der Waals surface area (Å²) >= 11 is 5.68. The van der Waals surface area contributed by atoms with E-state index in [1.165, 1.54) is 12.1 Å². The van der Waals surface area contributed by atoms with Gasteiger partial charge >= 0.3 is 0 Å². The molecule has 0 radical (unpaired) electrons. The number of nitro groups is 1. The number of nitrogens with one attached hydrogen (secondary N) is 2. The summed E-state index contributed by atoms with van der Waals surface area (Å²) < 4.78 is 0. The highest BCUT2D eigenvalue weighted by Gasteiger charge is 2.15. The number of amides is 1. The van der Waals surface area contributed by atoms with Crippen LogP contribution < -0.4 is 5.32 Å². The van der Waals surface area contributed by atoms with E-state index in [-0.39, 0.29) is 22.2 Å². The summed E-state index contributed by atoms with van der Waals surface area (Å²) in [5.41, 5.74) is 0.811. The van der Waals surface area contributed by atoms with Crippen molar-refractivity contribution in [3.05, 3.63) is 57.1 Å². The molecule has 2 aromatic rings. The number of H-pyrrole nitrogens is 1. The van der Waals surface area contributed by atoms with Gasteiger partial charge in [-0.05, 0) is 12.1 Å². The van der Waals surface area contributed by atoms with Crippen molar-refractivity contribution in [1.29, 1.82) is 0 Å². The first-order chi connectivity index (χ1) is 9.58. The number of halogens is 1. The molecule has 7 nitrogen and oxygen atoms in total. The van der Waals surface area contributed by atoms with Crippen LogP contribution in [0.1, 0.15) is 16.1 Å². The molecular formula is C12H11ClN4O3. The molecule has 0 aliphatic carbocycles. The van der Waals surface area contributed by atoms with Crippen molar-refractivity contribution in [3.8, 4) is 0 Å². The molecule has 2 N–H and O–H groups in total. The molecule has 0 saturated heterocycles. The van der Waals surface area contributed by atoms with Crippen LogP contribution in [0.5, 0.6) is 0 Å². The van der Waals surface area contributed by atoms with E-state index in [9.17, 15) is 14.9 Å². The number of aromatic amines is 1. The average molecular weight is 295 g/mol. The lowest BCUT2D eigenvalue weighted by Gasteiger charge is -2.04. The van der Waals surface area contributed by atoms with Crippen LogP contribution in [-0.2, 0) is 6.42 Å². The van der Waals surface area contributed by atoms with Gasteiger partial charge in [0.05, 0.1) is 11.3 Å². The van der Waals surface area contributed by atoms with Gasteiger partial charge in [-0.1, -0.05) is 11.6 Å².